The van der Waals surface area contributed by atoms with Crippen molar-refractivity contribution < 1.29 is 14.3 Å². The van der Waals surface area contributed by atoms with Crippen LogP contribution in [0, 0.1) is 0 Å². The predicted octanol–water partition coefficient (Wildman–Crippen LogP) is 2.10. The molecule has 0 bridgehead atoms. The highest BCUT2D eigenvalue weighted by Gasteiger charge is 2.55. The van der Waals surface area contributed by atoms with Crippen LogP contribution in [0.2, 0.25) is 0 Å². The fourth-order valence-corrected chi connectivity index (χ4v) is 2.02. The second-order valence-electron chi connectivity index (χ2n) is 4.86. The first-order valence-electron chi connectivity index (χ1n) is 6.83. The summed E-state index contributed by atoms with van der Waals surface area (Å²) in [5.74, 6) is -0.274. The number of carbonyl (C=O) groups is 1. The Bertz CT molecular complexity index is 424. The third-order valence-electron chi connectivity index (χ3n) is 3.40. The number of hydrogen-bond donors (Lipinski definition) is 1. The summed E-state index contributed by atoms with van der Waals surface area (Å²) < 4.78 is 10.7. The molecule has 0 amide bonds. The highest BCUT2D eigenvalue weighted by Crippen LogP contribution is 2.40. The fourth-order valence-electron chi connectivity index (χ4n) is 2.02. The Balaban J connectivity index is 1.95. The quantitative estimate of drug-likeness (QED) is 0.465. The van der Waals surface area contributed by atoms with Crippen LogP contribution in [-0.2, 0) is 26.4 Å². The molecule has 0 aromatic heterocycles. The Morgan fingerprint density at radius 3 is 2.58 bits per heavy atom. The fraction of sp³-hybridized carbons (Fsp3) is 0.533. The van der Waals surface area contributed by atoms with Crippen molar-refractivity contribution in [1.29, 1.82) is 0 Å². The maximum absolute atomic E-state index is 12.1. The van der Waals surface area contributed by atoms with E-state index in [4.69, 9.17) is 15.2 Å². The smallest absolute Gasteiger partial charge is 0.345 e. The summed E-state index contributed by atoms with van der Waals surface area (Å²) in [6.45, 7) is 3.49. The summed E-state index contributed by atoms with van der Waals surface area (Å²) in [6, 6.07) is 7.62. The second kappa shape index (κ2) is 6.17. The number of rotatable bonds is 7. The van der Waals surface area contributed by atoms with E-state index in [1.54, 1.807) is 0 Å². The molecule has 1 aromatic carbocycles. The van der Waals surface area contributed by atoms with Crippen LogP contribution in [0.25, 0.3) is 0 Å². The van der Waals surface area contributed by atoms with Crippen molar-refractivity contribution in [3.05, 3.63) is 35.4 Å². The molecule has 1 fully saturated rings. The normalized spacial score (nSPS) is 21.2. The number of nitrogens with two attached hydrogens (primary N) is 1. The van der Waals surface area contributed by atoms with E-state index in [2.05, 4.69) is 6.92 Å². The van der Waals surface area contributed by atoms with Crippen LogP contribution in [0.3, 0.4) is 0 Å². The van der Waals surface area contributed by atoms with Crippen LogP contribution in [0.15, 0.2) is 24.3 Å². The van der Waals surface area contributed by atoms with E-state index in [1.165, 1.54) is 0 Å². The number of unbranched alkanes of at least 4 members (excludes halogenated alkanes) is 2. The standard InChI is InChI=1S/C15H21NO3/c1-2-3-4-9-18-14(17)15(11-19-15)13-7-5-12(10-16)6-8-13/h5-8H,2-4,9-11,16H2,1H3. The molecule has 1 aliphatic rings. The third kappa shape index (κ3) is 3.14. The molecule has 19 heavy (non-hydrogen) atoms. The summed E-state index contributed by atoms with van der Waals surface area (Å²) >= 11 is 0. The van der Waals surface area contributed by atoms with E-state index in [1.807, 2.05) is 24.3 Å². The molecule has 1 aromatic rings. The molecular weight excluding hydrogens is 242 g/mol. The van der Waals surface area contributed by atoms with Crippen LogP contribution in [0.5, 0.6) is 0 Å². The van der Waals surface area contributed by atoms with E-state index in [-0.39, 0.29) is 5.97 Å². The van der Waals surface area contributed by atoms with Crippen molar-refractivity contribution in [3.63, 3.8) is 0 Å². The second-order valence-corrected chi connectivity index (χ2v) is 4.86. The first-order valence-corrected chi connectivity index (χ1v) is 6.83. The van der Waals surface area contributed by atoms with Crippen LogP contribution in [0.4, 0.5) is 0 Å². The molecule has 2 rings (SSSR count). The molecule has 1 heterocycles. The van der Waals surface area contributed by atoms with Crippen LogP contribution >= 0.6 is 0 Å². The van der Waals surface area contributed by atoms with E-state index in [0.717, 1.165) is 30.4 Å². The van der Waals surface area contributed by atoms with Crippen molar-refractivity contribution in [3.8, 4) is 0 Å². The average Bonchev–Trinajstić information content (AvgIpc) is 3.25. The van der Waals surface area contributed by atoms with Gasteiger partial charge in [0.05, 0.1) is 13.2 Å². The van der Waals surface area contributed by atoms with Gasteiger partial charge >= 0.3 is 5.97 Å². The molecule has 0 saturated carbocycles. The van der Waals surface area contributed by atoms with Gasteiger partial charge in [-0.2, -0.15) is 0 Å². The number of esters is 1. The molecule has 4 nitrogen and oxygen atoms in total. The zero-order valence-electron chi connectivity index (χ0n) is 11.4. The van der Waals surface area contributed by atoms with Crippen LogP contribution in [-0.4, -0.2) is 19.2 Å². The van der Waals surface area contributed by atoms with Gasteiger partial charge in [0.15, 0.2) is 0 Å². The maximum atomic E-state index is 12.1. The Morgan fingerprint density at radius 2 is 2.05 bits per heavy atom. The lowest BCUT2D eigenvalue weighted by molar-refractivity contribution is -0.150. The van der Waals surface area contributed by atoms with Gasteiger partial charge in [0.2, 0.25) is 5.60 Å². The molecule has 1 atom stereocenters. The van der Waals surface area contributed by atoms with Gasteiger partial charge in [0.25, 0.3) is 0 Å². The van der Waals surface area contributed by atoms with Gasteiger partial charge in [-0.3, -0.25) is 0 Å². The highest BCUT2D eigenvalue weighted by atomic mass is 16.6. The largest absolute Gasteiger partial charge is 0.463 e. The average molecular weight is 263 g/mol. The number of benzene rings is 1. The number of ether oxygens (including phenoxy) is 2. The monoisotopic (exact) mass is 263 g/mol. The zero-order valence-corrected chi connectivity index (χ0v) is 11.4. The molecule has 1 aliphatic heterocycles. The van der Waals surface area contributed by atoms with Crippen LogP contribution < -0.4 is 5.73 Å². The van der Waals surface area contributed by atoms with Gasteiger partial charge in [-0.1, -0.05) is 44.0 Å². The molecule has 0 aliphatic carbocycles. The molecule has 2 N–H and O–H groups in total. The molecule has 1 saturated heterocycles. The van der Waals surface area contributed by atoms with Gasteiger partial charge in [-0.25, -0.2) is 4.79 Å². The molecule has 0 radical (unpaired) electrons. The third-order valence-corrected chi connectivity index (χ3v) is 3.40. The zero-order chi connectivity index (χ0) is 13.7. The molecule has 104 valence electrons. The van der Waals surface area contributed by atoms with E-state index < -0.39 is 5.60 Å². The van der Waals surface area contributed by atoms with Crippen molar-refractivity contribution in [2.75, 3.05) is 13.2 Å². The van der Waals surface area contributed by atoms with Gasteiger partial charge in [-0.15, -0.1) is 0 Å². The van der Waals surface area contributed by atoms with E-state index >= 15 is 0 Å². The SMILES string of the molecule is CCCCCOC(=O)C1(c2ccc(CN)cc2)CO1. The molecular formula is C15H21NO3. The molecule has 1 unspecified atom stereocenters. The molecule has 0 spiro atoms. The Labute approximate surface area is 113 Å². The van der Waals surface area contributed by atoms with Gasteiger partial charge in [0, 0.05) is 6.54 Å². The summed E-state index contributed by atoms with van der Waals surface area (Å²) in [5, 5.41) is 0. The summed E-state index contributed by atoms with van der Waals surface area (Å²) in [7, 11) is 0. The van der Waals surface area contributed by atoms with Crippen molar-refractivity contribution in [1.82, 2.24) is 0 Å². The number of carbonyl (C=O) groups excluding carboxylic acids is 1. The first kappa shape index (κ1) is 14.0. The minimum absolute atomic E-state index is 0.274. The van der Waals surface area contributed by atoms with Crippen molar-refractivity contribution in [2.45, 2.75) is 38.3 Å². The minimum atomic E-state index is -0.862. The van der Waals surface area contributed by atoms with E-state index in [0.29, 0.717) is 19.8 Å². The van der Waals surface area contributed by atoms with Gasteiger partial charge in [-0.05, 0) is 17.5 Å². The Hall–Kier alpha value is -1.39. The Kier molecular flexibility index (Phi) is 4.56. The lowest BCUT2D eigenvalue weighted by Gasteiger charge is -2.12. The van der Waals surface area contributed by atoms with Gasteiger partial charge < -0.3 is 15.2 Å². The summed E-state index contributed by atoms with van der Waals surface area (Å²) in [6.07, 6.45) is 3.09. The number of hydrogen-bond acceptors (Lipinski definition) is 4. The highest BCUT2D eigenvalue weighted by molar-refractivity contribution is 5.84. The summed E-state index contributed by atoms with van der Waals surface area (Å²) in [5.41, 5.74) is 6.58. The predicted molar refractivity (Wildman–Crippen MR) is 72.4 cm³/mol. The number of epoxide rings is 1. The van der Waals surface area contributed by atoms with Crippen LogP contribution in [0.1, 0.15) is 37.3 Å². The Morgan fingerprint density at radius 1 is 1.37 bits per heavy atom. The van der Waals surface area contributed by atoms with Crippen molar-refractivity contribution in [2.24, 2.45) is 5.73 Å². The lowest BCUT2D eigenvalue weighted by atomic mass is 9.99. The topological polar surface area (TPSA) is 64.8 Å². The lowest BCUT2D eigenvalue weighted by Crippen LogP contribution is -2.25. The van der Waals surface area contributed by atoms with E-state index in [9.17, 15) is 4.79 Å². The minimum Gasteiger partial charge on any atom is -0.463 e. The van der Waals surface area contributed by atoms with Crippen molar-refractivity contribution >= 4 is 5.97 Å². The maximum Gasteiger partial charge on any atom is 0.345 e. The first-order chi connectivity index (χ1) is 9.23. The van der Waals surface area contributed by atoms with Gasteiger partial charge in [0.1, 0.15) is 0 Å². The summed E-state index contributed by atoms with van der Waals surface area (Å²) in [4.78, 5) is 12.1. The molecule has 4 heteroatoms.